The number of benzene rings is 1. The van der Waals surface area contributed by atoms with E-state index >= 15 is 0 Å². The van der Waals surface area contributed by atoms with Crippen LogP contribution in [0, 0.1) is 6.92 Å². The molecule has 1 aromatic carbocycles. The summed E-state index contributed by atoms with van der Waals surface area (Å²) in [6.07, 6.45) is 6.69. The highest BCUT2D eigenvalue weighted by Crippen LogP contribution is 2.32. The Bertz CT molecular complexity index is 541. The summed E-state index contributed by atoms with van der Waals surface area (Å²) in [6, 6.07) is 9.42. The standard InChI is InChI=1S/C16H21N3/c1-13-5-7-14(8-6-13)11-19-9-3-4-16(19)15-10-17-18(2)12-15/h5-8,10,12,16H,3-4,9,11H2,1-2H3/t16-/m1/s1. The first-order valence-electron chi connectivity index (χ1n) is 7.00. The van der Waals surface area contributed by atoms with Gasteiger partial charge in [0.05, 0.1) is 6.20 Å². The van der Waals surface area contributed by atoms with Gasteiger partial charge >= 0.3 is 0 Å². The monoisotopic (exact) mass is 255 g/mol. The lowest BCUT2D eigenvalue weighted by molar-refractivity contribution is 0.248. The normalized spacial score (nSPS) is 20.0. The van der Waals surface area contributed by atoms with Crippen molar-refractivity contribution in [3.05, 3.63) is 53.3 Å². The summed E-state index contributed by atoms with van der Waals surface area (Å²) in [5.41, 5.74) is 4.09. The van der Waals surface area contributed by atoms with Gasteiger partial charge in [0.1, 0.15) is 0 Å². The van der Waals surface area contributed by atoms with Crippen LogP contribution in [-0.4, -0.2) is 21.2 Å². The summed E-state index contributed by atoms with van der Waals surface area (Å²) in [5.74, 6) is 0. The molecule has 2 aromatic rings. The Labute approximate surface area is 114 Å². The zero-order valence-corrected chi connectivity index (χ0v) is 11.7. The van der Waals surface area contributed by atoms with E-state index in [1.54, 1.807) is 0 Å². The van der Waals surface area contributed by atoms with Crippen molar-refractivity contribution in [2.24, 2.45) is 7.05 Å². The van der Waals surface area contributed by atoms with Gasteiger partial charge in [-0.15, -0.1) is 0 Å². The summed E-state index contributed by atoms with van der Waals surface area (Å²) in [6.45, 7) is 4.37. The molecule has 0 spiro atoms. The maximum Gasteiger partial charge on any atom is 0.0537 e. The molecular weight excluding hydrogens is 234 g/mol. The lowest BCUT2D eigenvalue weighted by atomic mass is 10.1. The van der Waals surface area contributed by atoms with Crippen LogP contribution in [0.1, 0.15) is 35.6 Å². The lowest BCUT2D eigenvalue weighted by Gasteiger charge is -2.23. The molecule has 0 bridgehead atoms. The lowest BCUT2D eigenvalue weighted by Crippen LogP contribution is -2.22. The van der Waals surface area contributed by atoms with Crippen LogP contribution in [0.4, 0.5) is 0 Å². The number of likely N-dealkylation sites (tertiary alicyclic amines) is 1. The van der Waals surface area contributed by atoms with Crippen LogP contribution in [0.15, 0.2) is 36.7 Å². The van der Waals surface area contributed by atoms with E-state index in [1.165, 1.54) is 36.1 Å². The maximum atomic E-state index is 4.30. The Morgan fingerprint density at radius 2 is 2.05 bits per heavy atom. The van der Waals surface area contributed by atoms with E-state index in [1.807, 2.05) is 17.9 Å². The molecule has 1 aromatic heterocycles. The van der Waals surface area contributed by atoms with E-state index in [9.17, 15) is 0 Å². The predicted molar refractivity (Wildman–Crippen MR) is 76.8 cm³/mol. The van der Waals surface area contributed by atoms with Gasteiger partial charge in [0, 0.05) is 31.4 Å². The third kappa shape index (κ3) is 2.71. The fourth-order valence-electron chi connectivity index (χ4n) is 2.93. The van der Waals surface area contributed by atoms with E-state index in [0.717, 1.165) is 6.54 Å². The number of aromatic nitrogens is 2. The number of hydrogen-bond donors (Lipinski definition) is 0. The quantitative estimate of drug-likeness (QED) is 0.840. The molecule has 19 heavy (non-hydrogen) atoms. The minimum absolute atomic E-state index is 0.537. The molecule has 3 rings (SSSR count). The first kappa shape index (κ1) is 12.4. The van der Waals surface area contributed by atoms with Crippen molar-refractivity contribution in [3.8, 4) is 0 Å². The second kappa shape index (κ2) is 5.17. The molecule has 3 heteroatoms. The third-order valence-electron chi connectivity index (χ3n) is 3.98. The third-order valence-corrected chi connectivity index (χ3v) is 3.98. The Kier molecular flexibility index (Phi) is 3.38. The molecule has 0 aliphatic carbocycles. The van der Waals surface area contributed by atoms with Crippen LogP contribution >= 0.6 is 0 Å². The zero-order chi connectivity index (χ0) is 13.2. The summed E-state index contributed by atoms with van der Waals surface area (Å²) in [7, 11) is 1.99. The second-order valence-electron chi connectivity index (χ2n) is 5.56. The molecule has 1 atom stereocenters. The number of rotatable bonds is 3. The molecule has 0 unspecified atom stereocenters. The Balaban J connectivity index is 1.74. The largest absolute Gasteiger partial charge is 0.292 e. The molecule has 1 aliphatic heterocycles. The molecule has 2 heterocycles. The van der Waals surface area contributed by atoms with Gasteiger partial charge < -0.3 is 0 Å². The minimum Gasteiger partial charge on any atom is -0.292 e. The molecule has 0 amide bonds. The van der Waals surface area contributed by atoms with Crippen molar-refractivity contribution < 1.29 is 0 Å². The highest BCUT2D eigenvalue weighted by molar-refractivity contribution is 5.22. The van der Waals surface area contributed by atoms with Gasteiger partial charge in [0.15, 0.2) is 0 Å². The topological polar surface area (TPSA) is 21.1 Å². The van der Waals surface area contributed by atoms with E-state index in [0.29, 0.717) is 6.04 Å². The summed E-state index contributed by atoms with van der Waals surface area (Å²) < 4.78 is 1.90. The van der Waals surface area contributed by atoms with E-state index in [4.69, 9.17) is 0 Å². The van der Waals surface area contributed by atoms with Crippen LogP contribution < -0.4 is 0 Å². The van der Waals surface area contributed by atoms with Gasteiger partial charge in [0.2, 0.25) is 0 Å². The number of hydrogen-bond acceptors (Lipinski definition) is 2. The molecule has 1 saturated heterocycles. The summed E-state index contributed by atoms with van der Waals surface area (Å²) in [4.78, 5) is 2.57. The SMILES string of the molecule is Cc1ccc(CN2CCC[C@@H]2c2cnn(C)c2)cc1. The molecular formula is C16H21N3. The van der Waals surface area contributed by atoms with Crippen molar-refractivity contribution in [1.82, 2.24) is 14.7 Å². The average Bonchev–Trinajstić information content (AvgIpc) is 3.01. The van der Waals surface area contributed by atoms with Crippen molar-refractivity contribution in [2.75, 3.05) is 6.54 Å². The number of aryl methyl sites for hydroxylation is 2. The molecule has 0 radical (unpaired) electrons. The van der Waals surface area contributed by atoms with Gasteiger partial charge in [-0.2, -0.15) is 5.10 Å². The second-order valence-corrected chi connectivity index (χ2v) is 5.56. The van der Waals surface area contributed by atoms with Crippen LogP contribution in [0.5, 0.6) is 0 Å². The summed E-state index contributed by atoms with van der Waals surface area (Å²) in [5, 5.41) is 4.30. The molecule has 1 fully saturated rings. The zero-order valence-electron chi connectivity index (χ0n) is 11.7. The van der Waals surface area contributed by atoms with Crippen LogP contribution in [0.2, 0.25) is 0 Å². The number of nitrogens with zero attached hydrogens (tertiary/aromatic N) is 3. The molecule has 1 aliphatic rings. The Morgan fingerprint density at radius 1 is 1.26 bits per heavy atom. The molecule has 100 valence electrons. The van der Waals surface area contributed by atoms with E-state index in [-0.39, 0.29) is 0 Å². The van der Waals surface area contributed by atoms with Crippen LogP contribution in [0.3, 0.4) is 0 Å². The highest BCUT2D eigenvalue weighted by Gasteiger charge is 2.26. The van der Waals surface area contributed by atoms with Crippen LogP contribution in [-0.2, 0) is 13.6 Å². The fourth-order valence-corrected chi connectivity index (χ4v) is 2.93. The Hall–Kier alpha value is -1.61. The molecule has 0 saturated carbocycles. The van der Waals surface area contributed by atoms with Gasteiger partial charge in [-0.3, -0.25) is 9.58 Å². The van der Waals surface area contributed by atoms with Crippen molar-refractivity contribution >= 4 is 0 Å². The first-order valence-corrected chi connectivity index (χ1v) is 7.00. The summed E-state index contributed by atoms with van der Waals surface area (Å²) >= 11 is 0. The fraction of sp³-hybridized carbons (Fsp3) is 0.438. The van der Waals surface area contributed by atoms with Gasteiger partial charge in [-0.25, -0.2) is 0 Å². The smallest absolute Gasteiger partial charge is 0.0537 e. The maximum absolute atomic E-state index is 4.30. The van der Waals surface area contributed by atoms with Gasteiger partial charge in [0.25, 0.3) is 0 Å². The first-order chi connectivity index (χ1) is 9.22. The minimum atomic E-state index is 0.537. The molecule has 3 nitrogen and oxygen atoms in total. The predicted octanol–water partition coefficient (Wildman–Crippen LogP) is 3.07. The highest BCUT2D eigenvalue weighted by atomic mass is 15.3. The Morgan fingerprint density at radius 3 is 2.74 bits per heavy atom. The molecule has 0 N–H and O–H groups in total. The van der Waals surface area contributed by atoms with E-state index < -0.39 is 0 Å². The van der Waals surface area contributed by atoms with Crippen molar-refractivity contribution in [2.45, 2.75) is 32.4 Å². The van der Waals surface area contributed by atoms with Gasteiger partial charge in [-0.05, 0) is 31.9 Å². The van der Waals surface area contributed by atoms with E-state index in [2.05, 4.69) is 47.4 Å². The van der Waals surface area contributed by atoms with Crippen molar-refractivity contribution in [1.29, 1.82) is 0 Å². The van der Waals surface area contributed by atoms with Crippen LogP contribution in [0.25, 0.3) is 0 Å². The van der Waals surface area contributed by atoms with Crippen molar-refractivity contribution in [3.63, 3.8) is 0 Å². The van der Waals surface area contributed by atoms with Gasteiger partial charge in [-0.1, -0.05) is 29.8 Å². The average molecular weight is 255 g/mol.